The summed E-state index contributed by atoms with van der Waals surface area (Å²) in [5.74, 6) is 1.91. The van der Waals surface area contributed by atoms with Crippen LogP contribution >= 0.6 is 15.9 Å². The summed E-state index contributed by atoms with van der Waals surface area (Å²) >= 11 is 3.60. The van der Waals surface area contributed by atoms with Crippen molar-refractivity contribution < 1.29 is 23.7 Å². The fourth-order valence-corrected chi connectivity index (χ4v) is 3.81. The Morgan fingerprint density at radius 2 is 1.60 bits per heavy atom. The molecule has 3 rings (SSSR count). The molecule has 1 aliphatic heterocycles. The van der Waals surface area contributed by atoms with Crippen LogP contribution in [-0.4, -0.2) is 69.8 Å². The number of ether oxygens (including phenoxy) is 4. The van der Waals surface area contributed by atoms with Crippen molar-refractivity contribution in [2.45, 2.75) is 6.54 Å². The molecule has 0 unspecified atom stereocenters. The van der Waals surface area contributed by atoms with Crippen LogP contribution < -0.4 is 18.9 Å². The normalized spacial score (nSPS) is 14.3. The van der Waals surface area contributed by atoms with Gasteiger partial charge in [0.25, 0.3) is 5.91 Å². The van der Waals surface area contributed by atoms with Crippen molar-refractivity contribution >= 4 is 21.8 Å². The lowest BCUT2D eigenvalue weighted by atomic mass is 10.2. The number of rotatable bonds is 8. The van der Waals surface area contributed by atoms with Crippen molar-refractivity contribution in [3.05, 3.63) is 46.4 Å². The van der Waals surface area contributed by atoms with Crippen LogP contribution in [0.15, 0.2) is 40.9 Å². The van der Waals surface area contributed by atoms with E-state index in [-0.39, 0.29) is 12.5 Å². The molecule has 1 heterocycles. The molecule has 2 aromatic rings. The molecule has 0 saturated carbocycles. The van der Waals surface area contributed by atoms with Gasteiger partial charge in [0.1, 0.15) is 5.75 Å². The standard InChI is InChI=1S/C22H27BrN2O5/c1-27-19-12-17(13-20(28-2)22(19)29-3)30-15-21(26)25-10-8-24(9-11-25)14-16-6-4-5-7-18(16)23/h4-7,12-13H,8-11,14-15H2,1-3H3. The second-order valence-corrected chi connectivity index (χ2v) is 7.75. The maximum absolute atomic E-state index is 12.6. The Balaban J connectivity index is 1.52. The second-order valence-electron chi connectivity index (χ2n) is 6.90. The van der Waals surface area contributed by atoms with Crippen molar-refractivity contribution in [2.75, 3.05) is 54.1 Å². The summed E-state index contributed by atoms with van der Waals surface area (Å²) in [6.45, 7) is 3.85. The van der Waals surface area contributed by atoms with Crippen LogP contribution in [0, 0.1) is 0 Å². The number of methoxy groups -OCH3 is 3. The zero-order valence-corrected chi connectivity index (χ0v) is 19.1. The minimum absolute atomic E-state index is 0.0377. The lowest BCUT2D eigenvalue weighted by molar-refractivity contribution is -0.135. The van der Waals surface area contributed by atoms with Gasteiger partial charge in [0.2, 0.25) is 5.75 Å². The Hall–Kier alpha value is -2.45. The highest BCUT2D eigenvalue weighted by atomic mass is 79.9. The fraction of sp³-hybridized carbons (Fsp3) is 0.409. The molecular weight excluding hydrogens is 452 g/mol. The predicted molar refractivity (Wildman–Crippen MR) is 118 cm³/mol. The van der Waals surface area contributed by atoms with Crippen molar-refractivity contribution in [1.29, 1.82) is 0 Å². The number of carbonyl (C=O) groups is 1. The van der Waals surface area contributed by atoms with Crippen LogP contribution in [0.25, 0.3) is 0 Å². The Morgan fingerprint density at radius 1 is 0.967 bits per heavy atom. The first kappa shape index (κ1) is 22.2. The van der Waals surface area contributed by atoms with E-state index in [1.807, 2.05) is 17.0 Å². The molecule has 8 heteroatoms. The summed E-state index contributed by atoms with van der Waals surface area (Å²) in [4.78, 5) is 16.8. The van der Waals surface area contributed by atoms with E-state index in [2.05, 4.69) is 33.0 Å². The van der Waals surface area contributed by atoms with Gasteiger partial charge in [-0.1, -0.05) is 34.1 Å². The Morgan fingerprint density at radius 3 is 2.17 bits per heavy atom. The average molecular weight is 479 g/mol. The van der Waals surface area contributed by atoms with E-state index in [0.29, 0.717) is 36.1 Å². The molecule has 2 aromatic carbocycles. The monoisotopic (exact) mass is 478 g/mol. The average Bonchev–Trinajstić information content (AvgIpc) is 2.78. The first-order valence-corrected chi connectivity index (χ1v) is 10.5. The maximum atomic E-state index is 12.6. The van der Waals surface area contributed by atoms with Gasteiger partial charge < -0.3 is 23.8 Å². The summed E-state index contributed by atoms with van der Waals surface area (Å²) in [6, 6.07) is 11.6. The smallest absolute Gasteiger partial charge is 0.260 e. The lowest BCUT2D eigenvalue weighted by Crippen LogP contribution is -2.49. The topological polar surface area (TPSA) is 60.5 Å². The minimum Gasteiger partial charge on any atom is -0.493 e. The predicted octanol–water partition coefficient (Wildman–Crippen LogP) is 3.20. The Labute approximate surface area is 185 Å². The first-order valence-electron chi connectivity index (χ1n) is 9.72. The highest BCUT2D eigenvalue weighted by Gasteiger charge is 2.22. The SMILES string of the molecule is COc1cc(OCC(=O)N2CCN(Cc3ccccc3Br)CC2)cc(OC)c1OC. The van der Waals surface area contributed by atoms with Gasteiger partial charge in [0, 0.05) is 49.3 Å². The zero-order chi connectivity index (χ0) is 21.5. The summed E-state index contributed by atoms with van der Waals surface area (Å²) in [5, 5.41) is 0. The van der Waals surface area contributed by atoms with E-state index >= 15 is 0 Å². The summed E-state index contributed by atoms with van der Waals surface area (Å²) in [5.41, 5.74) is 1.25. The summed E-state index contributed by atoms with van der Waals surface area (Å²) < 4.78 is 22.8. The quantitative estimate of drug-likeness (QED) is 0.580. The zero-order valence-electron chi connectivity index (χ0n) is 17.5. The maximum Gasteiger partial charge on any atom is 0.260 e. The first-order chi connectivity index (χ1) is 14.5. The largest absolute Gasteiger partial charge is 0.493 e. The van der Waals surface area contributed by atoms with Crippen molar-refractivity contribution in [2.24, 2.45) is 0 Å². The van der Waals surface area contributed by atoms with Crippen LogP contribution in [-0.2, 0) is 11.3 Å². The third-order valence-electron chi connectivity index (χ3n) is 5.08. The molecule has 1 saturated heterocycles. The molecule has 1 fully saturated rings. The molecule has 0 atom stereocenters. The number of amides is 1. The van der Waals surface area contributed by atoms with E-state index in [1.165, 1.54) is 5.56 Å². The van der Waals surface area contributed by atoms with Gasteiger partial charge in [-0.3, -0.25) is 9.69 Å². The highest BCUT2D eigenvalue weighted by molar-refractivity contribution is 9.10. The number of piperazine rings is 1. The number of hydrogen-bond acceptors (Lipinski definition) is 6. The number of halogens is 1. The molecule has 1 aliphatic rings. The highest BCUT2D eigenvalue weighted by Crippen LogP contribution is 2.40. The van der Waals surface area contributed by atoms with E-state index in [0.717, 1.165) is 24.1 Å². The van der Waals surface area contributed by atoms with Gasteiger partial charge in [-0.25, -0.2) is 0 Å². The molecule has 7 nitrogen and oxygen atoms in total. The van der Waals surface area contributed by atoms with E-state index < -0.39 is 0 Å². The lowest BCUT2D eigenvalue weighted by Gasteiger charge is -2.34. The fourth-order valence-electron chi connectivity index (χ4n) is 3.40. The van der Waals surface area contributed by atoms with Crippen LogP contribution in [0.5, 0.6) is 23.0 Å². The van der Waals surface area contributed by atoms with E-state index in [1.54, 1.807) is 33.5 Å². The van der Waals surface area contributed by atoms with Gasteiger partial charge in [-0.15, -0.1) is 0 Å². The van der Waals surface area contributed by atoms with Crippen molar-refractivity contribution in [1.82, 2.24) is 9.80 Å². The number of benzene rings is 2. The van der Waals surface area contributed by atoms with Gasteiger partial charge in [0.15, 0.2) is 18.1 Å². The molecular formula is C22H27BrN2O5. The Bertz CT molecular complexity index is 843. The van der Waals surface area contributed by atoms with Gasteiger partial charge >= 0.3 is 0 Å². The molecule has 0 aromatic heterocycles. The molecule has 162 valence electrons. The van der Waals surface area contributed by atoms with Crippen LogP contribution in [0.4, 0.5) is 0 Å². The third kappa shape index (κ3) is 5.37. The molecule has 0 spiro atoms. The van der Waals surface area contributed by atoms with Crippen molar-refractivity contribution in [3.8, 4) is 23.0 Å². The number of carbonyl (C=O) groups excluding carboxylic acids is 1. The third-order valence-corrected chi connectivity index (χ3v) is 5.85. The second kappa shape index (κ2) is 10.5. The van der Waals surface area contributed by atoms with Gasteiger partial charge in [-0.2, -0.15) is 0 Å². The van der Waals surface area contributed by atoms with Gasteiger partial charge in [-0.05, 0) is 11.6 Å². The van der Waals surface area contributed by atoms with Gasteiger partial charge in [0.05, 0.1) is 21.3 Å². The van der Waals surface area contributed by atoms with E-state index in [9.17, 15) is 4.79 Å². The van der Waals surface area contributed by atoms with Crippen LogP contribution in [0.3, 0.4) is 0 Å². The van der Waals surface area contributed by atoms with Crippen LogP contribution in [0.1, 0.15) is 5.56 Å². The van der Waals surface area contributed by atoms with E-state index in [4.69, 9.17) is 18.9 Å². The molecule has 1 amide bonds. The summed E-state index contributed by atoms with van der Waals surface area (Å²) in [7, 11) is 4.62. The molecule has 0 bridgehead atoms. The number of hydrogen-bond donors (Lipinski definition) is 0. The Kier molecular flexibility index (Phi) is 7.81. The number of nitrogens with zero attached hydrogens (tertiary/aromatic N) is 2. The molecule has 30 heavy (non-hydrogen) atoms. The molecule has 0 N–H and O–H groups in total. The van der Waals surface area contributed by atoms with Crippen LogP contribution in [0.2, 0.25) is 0 Å². The minimum atomic E-state index is -0.0388. The van der Waals surface area contributed by atoms with Crippen molar-refractivity contribution in [3.63, 3.8) is 0 Å². The molecule has 0 radical (unpaired) electrons. The molecule has 0 aliphatic carbocycles. The summed E-state index contributed by atoms with van der Waals surface area (Å²) in [6.07, 6.45) is 0.